The average molecular weight is 476 g/mol. The number of nitrogens with one attached hydrogen (secondary N) is 2. The van der Waals surface area contributed by atoms with Crippen LogP contribution >= 0.6 is 11.6 Å². The normalized spacial score (nSPS) is 10.9. The van der Waals surface area contributed by atoms with Crippen LogP contribution in [0.4, 0.5) is 5.69 Å². The molecule has 9 nitrogen and oxygen atoms in total. The van der Waals surface area contributed by atoms with Gasteiger partial charge in [-0.3, -0.25) is 20.0 Å². The second-order valence-corrected chi connectivity index (χ2v) is 7.50. The van der Waals surface area contributed by atoms with E-state index in [0.717, 1.165) is 5.56 Å². The highest BCUT2D eigenvalue weighted by Crippen LogP contribution is 2.30. The van der Waals surface area contributed by atoms with Crippen LogP contribution in [0.2, 0.25) is 5.02 Å². The summed E-state index contributed by atoms with van der Waals surface area (Å²) in [6, 6.07) is 22.2. The number of nitro benzene ring substituents is 1. The monoisotopic (exact) mass is 475 g/mol. The van der Waals surface area contributed by atoms with Crippen LogP contribution in [-0.4, -0.2) is 27.2 Å². The summed E-state index contributed by atoms with van der Waals surface area (Å²) in [6.07, 6.45) is 1.32. The summed E-state index contributed by atoms with van der Waals surface area (Å²) in [5.41, 5.74) is 5.03. The minimum atomic E-state index is -0.519. The molecule has 0 bridgehead atoms. The Kier molecular flexibility index (Phi) is 6.95. The van der Waals surface area contributed by atoms with Crippen molar-refractivity contribution in [2.24, 2.45) is 5.10 Å². The van der Waals surface area contributed by atoms with Gasteiger partial charge in [-0.1, -0.05) is 54.1 Å². The second-order valence-electron chi connectivity index (χ2n) is 7.09. The lowest BCUT2D eigenvalue weighted by molar-refractivity contribution is -0.384. The van der Waals surface area contributed by atoms with Crippen molar-refractivity contribution in [1.29, 1.82) is 0 Å². The number of nitro groups is 1. The van der Waals surface area contributed by atoms with Gasteiger partial charge in [0.2, 0.25) is 0 Å². The van der Waals surface area contributed by atoms with Gasteiger partial charge < -0.3 is 4.74 Å². The number of aromatic amines is 1. The molecule has 4 aromatic rings. The number of carbonyl (C=O) groups is 1. The maximum Gasteiger partial charge on any atom is 0.289 e. The molecule has 34 heavy (non-hydrogen) atoms. The van der Waals surface area contributed by atoms with Crippen LogP contribution in [0.5, 0.6) is 5.75 Å². The lowest BCUT2D eigenvalue weighted by Gasteiger charge is -2.11. The lowest BCUT2D eigenvalue weighted by Crippen LogP contribution is -2.18. The van der Waals surface area contributed by atoms with Gasteiger partial charge in [-0.2, -0.15) is 10.2 Å². The molecule has 0 radical (unpaired) electrons. The number of ether oxygens (including phenoxy) is 1. The van der Waals surface area contributed by atoms with Crippen molar-refractivity contribution in [3.05, 3.63) is 111 Å². The fourth-order valence-corrected chi connectivity index (χ4v) is 3.29. The standard InChI is InChI=1S/C24H18ClN5O4/c25-20-10-3-1-7-17(20)15-34-23-11-4-2-9-19(23)21-13-22(28-27-21)24(31)29-26-14-16-6-5-8-18(12-16)30(32)33/h1-14H,15H2,(H,27,28)(H,29,31). The van der Waals surface area contributed by atoms with E-state index >= 15 is 0 Å². The first kappa shape index (κ1) is 22.7. The highest BCUT2D eigenvalue weighted by Gasteiger charge is 2.14. The van der Waals surface area contributed by atoms with Crippen LogP contribution in [0.3, 0.4) is 0 Å². The SMILES string of the molecule is O=C(NN=Cc1cccc([N+](=O)[O-])c1)c1cc(-c2ccccc2OCc2ccccc2Cl)n[nH]1. The number of aromatic nitrogens is 2. The molecular formula is C24H18ClN5O4. The first-order valence-electron chi connectivity index (χ1n) is 10.1. The summed E-state index contributed by atoms with van der Waals surface area (Å²) in [6.45, 7) is 0.279. The van der Waals surface area contributed by atoms with Crippen molar-refractivity contribution in [3.63, 3.8) is 0 Å². The maximum atomic E-state index is 12.4. The van der Waals surface area contributed by atoms with Gasteiger partial charge in [0.1, 0.15) is 18.1 Å². The molecule has 0 atom stereocenters. The van der Waals surface area contributed by atoms with Gasteiger partial charge in [0.15, 0.2) is 0 Å². The van der Waals surface area contributed by atoms with Gasteiger partial charge >= 0.3 is 0 Å². The first-order valence-corrected chi connectivity index (χ1v) is 10.5. The van der Waals surface area contributed by atoms with Crippen LogP contribution in [-0.2, 0) is 6.61 Å². The Morgan fingerprint density at radius 2 is 1.91 bits per heavy atom. The van der Waals surface area contributed by atoms with Crippen molar-refractivity contribution in [2.45, 2.75) is 6.61 Å². The first-order chi connectivity index (χ1) is 16.5. The Balaban J connectivity index is 1.44. The van der Waals surface area contributed by atoms with Gasteiger partial charge in [0, 0.05) is 33.8 Å². The summed E-state index contributed by atoms with van der Waals surface area (Å²) >= 11 is 6.20. The summed E-state index contributed by atoms with van der Waals surface area (Å²) in [5.74, 6) is 0.0690. The van der Waals surface area contributed by atoms with Gasteiger partial charge in [0.25, 0.3) is 11.6 Å². The highest BCUT2D eigenvalue weighted by molar-refractivity contribution is 6.31. The number of amides is 1. The predicted octanol–water partition coefficient (Wildman–Crippen LogP) is 4.98. The number of rotatable bonds is 8. The molecule has 1 heterocycles. The third kappa shape index (κ3) is 5.45. The smallest absolute Gasteiger partial charge is 0.289 e. The zero-order valence-corrected chi connectivity index (χ0v) is 18.4. The number of benzene rings is 3. The number of nitrogens with zero attached hydrogens (tertiary/aromatic N) is 3. The largest absolute Gasteiger partial charge is 0.488 e. The van der Waals surface area contributed by atoms with Crippen LogP contribution < -0.4 is 10.2 Å². The van der Waals surface area contributed by atoms with Crippen molar-refractivity contribution < 1.29 is 14.5 Å². The molecule has 1 aromatic heterocycles. The topological polar surface area (TPSA) is 123 Å². The van der Waals surface area contributed by atoms with Gasteiger partial charge in [0.05, 0.1) is 16.8 Å². The molecule has 0 fully saturated rings. The molecule has 170 valence electrons. The Labute approximate surface area is 199 Å². The molecule has 0 aliphatic heterocycles. The summed E-state index contributed by atoms with van der Waals surface area (Å²) in [4.78, 5) is 22.8. The molecular weight excluding hydrogens is 458 g/mol. The number of H-pyrrole nitrogens is 1. The van der Waals surface area contributed by atoms with E-state index in [1.54, 1.807) is 18.2 Å². The molecule has 0 saturated heterocycles. The Bertz CT molecular complexity index is 1370. The van der Waals surface area contributed by atoms with Crippen LogP contribution in [0.1, 0.15) is 21.6 Å². The quantitative estimate of drug-likeness (QED) is 0.211. The number of para-hydroxylation sites is 1. The molecule has 0 aliphatic carbocycles. The molecule has 1 amide bonds. The molecule has 0 saturated carbocycles. The average Bonchev–Trinajstić information content (AvgIpc) is 3.34. The number of hydrogen-bond acceptors (Lipinski definition) is 6. The van der Waals surface area contributed by atoms with Crippen molar-refractivity contribution in [3.8, 4) is 17.0 Å². The van der Waals surface area contributed by atoms with E-state index in [-0.39, 0.29) is 18.0 Å². The van der Waals surface area contributed by atoms with Crippen LogP contribution in [0.25, 0.3) is 11.3 Å². The molecule has 4 rings (SSSR count). The zero-order valence-electron chi connectivity index (χ0n) is 17.6. The molecule has 2 N–H and O–H groups in total. The zero-order chi connectivity index (χ0) is 23.9. The fraction of sp³-hybridized carbons (Fsp3) is 0.0417. The van der Waals surface area contributed by atoms with Gasteiger partial charge in [-0.15, -0.1) is 0 Å². The Morgan fingerprint density at radius 3 is 2.74 bits per heavy atom. The molecule has 0 aliphatic rings. The lowest BCUT2D eigenvalue weighted by atomic mass is 10.1. The van der Waals surface area contributed by atoms with E-state index in [1.807, 2.05) is 42.5 Å². The fourth-order valence-electron chi connectivity index (χ4n) is 3.10. The predicted molar refractivity (Wildman–Crippen MR) is 128 cm³/mol. The van der Waals surface area contributed by atoms with E-state index in [2.05, 4.69) is 20.7 Å². The Hall–Kier alpha value is -4.50. The van der Waals surface area contributed by atoms with Gasteiger partial charge in [-0.25, -0.2) is 5.43 Å². The van der Waals surface area contributed by atoms with E-state index in [4.69, 9.17) is 16.3 Å². The van der Waals surface area contributed by atoms with Crippen LogP contribution in [0, 0.1) is 10.1 Å². The van der Waals surface area contributed by atoms with E-state index in [0.29, 0.717) is 27.6 Å². The number of halogens is 1. The van der Waals surface area contributed by atoms with Crippen molar-refractivity contribution >= 4 is 29.4 Å². The number of carbonyl (C=O) groups excluding carboxylic acids is 1. The van der Waals surface area contributed by atoms with E-state index < -0.39 is 10.8 Å². The number of non-ortho nitro benzene ring substituents is 1. The van der Waals surface area contributed by atoms with Crippen LogP contribution in [0.15, 0.2) is 84.0 Å². The third-order valence-electron chi connectivity index (χ3n) is 4.79. The summed E-state index contributed by atoms with van der Waals surface area (Å²) in [7, 11) is 0. The molecule has 10 heteroatoms. The van der Waals surface area contributed by atoms with E-state index in [9.17, 15) is 14.9 Å². The molecule has 0 unspecified atom stereocenters. The third-order valence-corrected chi connectivity index (χ3v) is 5.16. The summed E-state index contributed by atoms with van der Waals surface area (Å²) in [5, 5.41) is 22.2. The second kappa shape index (κ2) is 10.4. The minimum absolute atomic E-state index is 0.0658. The Morgan fingerprint density at radius 1 is 1.12 bits per heavy atom. The van der Waals surface area contributed by atoms with Crippen molar-refractivity contribution in [1.82, 2.24) is 15.6 Å². The maximum absolute atomic E-state index is 12.4. The number of hydrazone groups is 1. The highest BCUT2D eigenvalue weighted by atomic mass is 35.5. The molecule has 0 spiro atoms. The van der Waals surface area contributed by atoms with Gasteiger partial charge in [-0.05, 0) is 24.3 Å². The van der Waals surface area contributed by atoms with E-state index in [1.165, 1.54) is 24.4 Å². The van der Waals surface area contributed by atoms with Crippen molar-refractivity contribution in [2.75, 3.05) is 0 Å². The molecule has 3 aromatic carbocycles. The summed E-state index contributed by atoms with van der Waals surface area (Å²) < 4.78 is 5.96. The minimum Gasteiger partial charge on any atom is -0.488 e. The number of hydrogen-bond donors (Lipinski definition) is 2.